The Morgan fingerprint density at radius 2 is 2.24 bits per heavy atom. The number of nitrogens with one attached hydrogen (secondary N) is 1. The lowest BCUT2D eigenvalue weighted by Gasteiger charge is -2.17. The molecule has 17 heavy (non-hydrogen) atoms. The number of halogens is 1. The van der Waals surface area contributed by atoms with E-state index in [4.69, 9.17) is 29.6 Å². The summed E-state index contributed by atoms with van der Waals surface area (Å²) in [5.41, 5.74) is 7.47. The molecule has 0 aliphatic heterocycles. The van der Waals surface area contributed by atoms with Crippen molar-refractivity contribution in [1.82, 2.24) is 0 Å². The van der Waals surface area contributed by atoms with Gasteiger partial charge in [-0.3, -0.25) is 0 Å². The van der Waals surface area contributed by atoms with E-state index in [9.17, 15) is 0 Å². The second-order valence-corrected chi connectivity index (χ2v) is 5.12. The fourth-order valence-electron chi connectivity index (χ4n) is 1.69. The molecule has 1 atom stereocenters. The lowest BCUT2D eigenvalue weighted by Crippen LogP contribution is -2.19. The first-order valence-corrected chi connectivity index (χ1v) is 6.69. The van der Waals surface area contributed by atoms with E-state index in [0.29, 0.717) is 16.1 Å². The minimum absolute atomic E-state index is 0.373. The first-order valence-electron chi connectivity index (χ1n) is 5.90. The molecule has 0 bridgehead atoms. The Bertz CT molecular complexity index is 393. The number of benzene rings is 1. The molecule has 94 valence electrons. The molecule has 0 aliphatic carbocycles. The Kier molecular flexibility index (Phi) is 5.72. The van der Waals surface area contributed by atoms with Crippen molar-refractivity contribution < 1.29 is 0 Å². The van der Waals surface area contributed by atoms with Crippen molar-refractivity contribution in [1.29, 1.82) is 0 Å². The van der Waals surface area contributed by atoms with Crippen molar-refractivity contribution in [3.05, 3.63) is 28.8 Å². The summed E-state index contributed by atoms with van der Waals surface area (Å²) in [5, 5.41) is 4.08. The second-order valence-electron chi connectivity index (χ2n) is 4.24. The van der Waals surface area contributed by atoms with Crippen LogP contribution in [-0.2, 0) is 0 Å². The molecular formula is C13H19ClN2S. The molecule has 1 aromatic carbocycles. The maximum atomic E-state index is 5.94. The Morgan fingerprint density at radius 3 is 2.82 bits per heavy atom. The first-order chi connectivity index (χ1) is 8.04. The van der Waals surface area contributed by atoms with E-state index in [2.05, 4.69) is 19.2 Å². The molecule has 4 heteroatoms. The highest BCUT2D eigenvalue weighted by molar-refractivity contribution is 7.80. The summed E-state index contributed by atoms with van der Waals surface area (Å²) in [6, 6.07) is 5.99. The maximum Gasteiger partial charge on any atom is 0.106 e. The van der Waals surface area contributed by atoms with Gasteiger partial charge >= 0.3 is 0 Å². The van der Waals surface area contributed by atoms with Crippen LogP contribution >= 0.6 is 23.8 Å². The standard InChI is InChI=1S/C13H19ClN2S/c1-3-4-5-9(2)16-12-7-6-10(14)8-11(12)13(15)17/h6-9,16H,3-5H2,1-2H3,(H2,15,17). The van der Waals surface area contributed by atoms with Crippen LogP contribution in [0.25, 0.3) is 0 Å². The van der Waals surface area contributed by atoms with Crippen molar-refractivity contribution in [2.45, 2.75) is 39.2 Å². The molecule has 3 N–H and O–H groups in total. The summed E-state index contributed by atoms with van der Waals surface area (Å²) in [6.07, 6.45) is 3.55. The lowest BCUT2D eigenvalue weighted by molar-refractivity contribution is 0.645. The van der Waals surface area contributed by atoms with Crippen molar-refractivity contribution in [3.63, 3.8) is 0 Å². The van der Waals surface area contributed by atoms with E-state index in [1.807, 2.05) is 12.1 Å². The molecule has 0 aliphatic rings. The zero-order chi connectivity index (χ0) is 12.8. The van der Waals surface area contributed by atoms with Gasteiger partial charge in [0.25, 0.3) is 0 Å². The Hall–Kier alpha value is -0.800. The molecule has 0 saturated heterocycles. The number of nitrogens with two attached hydrogens (primary N) is 1. The lowest BCUT2D eigenvalue weighted by atomic mass is 10.1. The van der Waals surface area contributed by atoms with E-state index in [-0.39, 0.29) is 0 Å². The van der Waals surface area contributed by atoms with Crippen LogP contribution < -0.4 is 11.1 Å². The number of rotatable bonds is 6. The fraction of sp³-hybridized carbons (Fsp3) is 0.462. The molecule has 1 unspecified atom stereocenters. The molecule has 1 rings (SSSR count). The van der Waals surface area contributed by atoms with Crippen LogP contribution in [0.15, 0.2) is 18.2 Å². The van der Waals surface area contributed by atoms with Crippen LogP contribution in [0, 0.1) is 0 Å². The van der Waals surface area contributed by atoms with Crippen LogP contribution in [-0.4, -0.2) is 11.0 Å². The fourth-order valence-corrected chi connectivity index (χ4v) is 2.04. The van der Waals surface area contributed by atoms with E-state index in [1.165, 1.54) is 12.8 Å². The van der Waals surface area contributed by atoms with E-state index in [1.54, 1.807) is 6.07 Å². The van der Waals surface area contributed by atoms with Gasteiger partial charge in [0.2, 0.25) is 0 Å². The quantitative estimate of drug-likeness (QED) is 0.769. The number of thiocarbonyl (C=S) groups is 1. The van der Waals surface area contributed by atoms with Crippen molar-refractivity contribution >= 4 is 34.5 Å². The topological polar surface area (TPSA) is 38.0 Å². The number of anilines is 1. The highest BCUT2D eigenvalue weighted by atomic mass is 35.5. The summed E-state index contributed by atoms with van der Waals surface area (Å²) in [4.78, 5) is 0.373. The minimum atomic E-state index is 0.373. The van der Waals surface area contributed by atoms with Crippen molar-refractivity contribution in [3.8, 4) is 0 Å². The smallest absolute Gasteiger partial charge is 0.106 e. The van der Waals surface area contributed by atoms with Gasteiger partial charge in [-0.15, -0.1) is 0 Å². The van der Waals surface area contributed by atoms with Gasteiger partial charge in [0, 0.05) is 22.3 Å². The molecule has 1 aromatic rings. The van der Waals surface area contributed by atoms with Gasteiger partial charge in [-0.05, 0) is 31.5 Å². The van der Waals surface area contributed by atoms with Crippen LogP contribution in [0.5, 0.6) is 0 Å². The summed E-state index contributed by atoms with van der Waals surface area (Å²) < 4.78 is 0. The minimum Gasteiger partial charge on any atom is -0.389 e. The molecule has 0 fully saturated rings. The molecule has 0 amide bonds. The zero-order valence-electron chi connectivity index (χ0n) is 10.3. The van der Waals surface area contributed by atoms with E-state index >= 15 is 0 Å². The highest BCUT2D eigenvalue weighted by Gasteiger charge is 2.08. The summed E-state index contributed by atoms with van der Waals surface area (Å²) in [7, 11) is 0. The number of hydrogen-bond donors (Lipinski definition) is 2. The molecule has 0 aromatic heterocycles. The van der Waals surface area contributed by atoms with Crippen LogP contribution in [0.2, 0.25) is 5.02 Å². The third-order valence-corrected chi connectivity index (χ3v) is 3.09. The SMILES string of the molecule is CCCCC(C)Nc1ccc(Cl)cc1C(N)=S. The predicted octanol–water partition coefficient (Wildman–Crippen LogP) is 3.96. The molecule has 2 nitrogen and oxygen atoms in total. The average Bonchev–Trinajstić information content (AvgIpc) is 2.28. The van der Waals surface area contributed by atoms with Gasteiger partial charge in [-0.1, -0.05) is 43.6 Å². The van der Waals surface area contributed by atoms with Gasteiger partial charge in [0.1, 0.15) is 4.99 Å². The largest absolute Gasteiger partial charge is 0.389 e. The molecule has 0 heterocycles. The van der Waals surface area contributed by atoms with E-state index < -0.39 is 0 Å². The van der Waals surface area contributed by atoms with Crippen molar-refractivity contribution in [2.24, 2.45) is 5.73 Å². The van der Waals surface area contributed by atoms with E-state index in [0.717, 1.165) is 17.7 Å². The third-order valence-electron chi connectivity index (χ3n) is 2.64. The summed E-state index contributed by atoms with van der Waals surface area (Å²) in [6.45, 7) is 4.35. The third kappa shape index (κ3) is 4.52. The summed E-state index contributed by atoms with van der Waals surface area (Å²) >= 11 is 11.0. The second kappa shape index (κ2) is 6.82. The van der Waals surface area contributed by atoms with Gasteiger partial charge in [0.05, 0.1) is 0 Å². The van der Waals surface area contributed by atoms with Crippen LogP contribution in [0.3, 0.4) is 0 Å². The van der Waals surface area contributed by atoms with Gasteiger partial charge in [-0.25, -0.2) is 0 Å². The van der Waals surface area contributed by atoms with Gasteiger partial charge in [-0.2, -0.15) is 0 Å². The normalized spacial score (nSPS) is 12.2. The summed E-state index contributed by atoms with van der Waals surface area (Å²) in [5.74, 6) is 0. The van der Waals surface area contributed by atoms with Crippen LogP contribution in [0.4, 0.5) is 5.69 Å². The van der Waals surface area contributed by atoms with Gasteiger partial charge in [0.15, 0.2) is 0 Å². The maximum absolute atomic E-state index is 5.94. The Morgan fingerprint density at radius 1 is 1.53 bits per heavy atom. The van der Waals surface area contributed by atoms with Gasteiger partial charge < -0.3 is 11.1 Å². The van der Waals surface area contributed by atoms with Crippen LogP contribution in [0.1, 0.15) is 38.7 Å². The molecule has 0 spiro atoms. The Balaban J connectivity index is 2.79. The zero-order valence-corrected chi connectivity index (χ0v) is 11.9. The molecule has 0 radical (unpaired) electrons. The first kappa shape index (κ1) is 14.3. The average molecular weight is 271 g/mol. The molecular weight excluding hydrogens is 252 g/mol. The number of unbranched alkanes of at least 4 members (excludes halogenated alkanes) is 1. The number of hydrogen-bond acceptors (Lipinski definition) is 2. The molecule has 0 saturated carbocycles. The monoisotopic (exact) mass is 270 g/mol. The van der Waals surface area contributed by atoms with Crippen molar-refractivity contribution in [2.75, 3.05) is 5.32 Å². The predicted molar refractivity (Wildman–Crippen MR) is 79.9 cm³/mol. The Labute approximate surface area is 114 Å². The highest BCUT2D eigenvalue weighted by Crippen LogP contribution is 2.22.